The molecular weight excluding hydrogens is 234 g/mol. The quantitative estimate of drug-likeness (QED) is 0.873. The van der Waals surface area contributed by atoms with Crippen LogP contribution in [0, 0.1) is 13.8 Å². The van der Waals surface area contributed by atoms with Crippen LogP contribution in [0.1, 0.15) is 24.2 Å². The second kappa shape index (κ2) is 4.94. The second-order valence-corrected chi connectivity index (χ2v) is 4.75. The van der Waals surface area contributed by atoms with Gasteiger partial charge in [0, 0.05) is 30.1 Å². The Morgan fingerprint density at radius 3 is 2.50 bits per heavy atom. The average molecular weight is 251 g/mol. The van der Waals surface area contributed by atoms with Crippen LogP contribution in [0.2, 0.25) is 0 Å². The Bertz CT molecular complexity index is 494. The van der Waals surface area contributed by atoms with Crippen molar-refractivity contribution in [2.24, 2.45) is 0 Å². The van der Waals surface area contributed by atoms with Crippen molar-refractivity contribution in [3.8, 4) is 0 Å². The van der Waals surface area contributed by atoms with Crippen molar-refractivity contribution in [1.82, 2.24) is 4.57 Å². The lowest BCUT2D eigenvalue weighted by molar-refractivity contribution is -0.149. The van der Waals surface area contributed by atoms with Gasteiger partial charge in [0.25, 0.3) is 0 Å². The molecule has 5 heteroatoms. The summed E-state index contributed by atoms with van der Waals surface area (Å²) in [7, 11) is 0. The summed E-state index contributed by atoms with van der Waals surface area (Å²) in [6.07, 6.45) is 0.515. The zero-order valence-corrected chi connectivity index (χ0v) is 10.5. The van der Waals surface area contributed by atoms with Crippen molar-refractivity contribution < 1.29 is 14.6 Å². The SMILES string of the molecule is Cc1cc(=O)cc(C)n1CC1CCC(C(=O)O)O1. The van der Waals surface area contributed by atoms with Crippen LogP contribution in [0.15, 0.2) is 16.9 Å². The zero-order valence-electron chi connectivity index (χ0n) is 10.5. The molecular formula is C13H17NO4. The molecule has 1 saturated heterocycles. The van der Waals surface area contributed by atoms with E-state index < -0.39 is 12.1 Å². The fourth-order valence-electron chi connectivity index (χ4n) is 2.40. The topological polar surface area (TPSA) is 68.5 Å². The van der Waals surface area contributed by atoms with Gasteiger partial charge in [-0.25, -0.2) is 4.79 Å². The molecule has 0 aromatic carbocycles. The van der Waals surface area contributed by atoms with Gasteiger partial charge in [-0.3, -0.25) is 4.79 Å². The van der Waals surface area contributed by atoms with Crippen LogP contribution in [0.3, 0.4) is 0 Å². The average Bonchev–Trinajstić information content (AvgIpc) is 2.71. The minimum absolute atomic E-state index is 0.00278. The molecule has 5 nitrogen and oxygen atoms in total. The molecule has 1 aromatic rings. The van der Waals surface area contributed by atoms with Gasteiger partial charge in [-0.2, -0.15) is 0 Å². The fraction of sp³-hybridized carbons (Fsp3) is 0.538. The fourth-order valence-corrected chi connectivity index (χ4v) is 2.40. The Morgan fingerprint density at radius 1 is 1.39 bits per heavy atom. The van der Waals surface area contributed by atoms with E-state index >= 15 is 0 Å². The number of rotatable bonds is 3. The van der Waals surface area contributed by atoms with Gasteiger partial charge in [0.1, 0.15) is 0 Å². The molecule has 18 heavy (non-hydrogen) atoms. The molecule has 0 spiro atoms. The van der Waals surface area contributed by atoms with Crippen LogP contribution >= 0.6 is 0 Å². The summed E-state index contributed by atoms with van der Waals surface area (Å²) >= 11 is 0. The number of carboxylic acid groups (broad SMARTS) is 1. The Balaban J connectivity index is 2.12. The number of carbonyl (C=O) groups is 1. The summed E-state index contributed by atoms with van der Waals surface area (Å²) in [5, 5.41) is 8.87. The lowest BCUT2D eigenvalue weighted by atomic mass is 10.2. The van der Waals surface area contributed by atoms with Crippen molar-refractivity contribution in [1.29, 1.82) is 0 Å². The zero-order chi connectivity index (χ0) is 13.3. The smallest absolute Gasteiger partial charge is 0.332 e. The molecule has 1 aliphatic heterocycles. The largest absolute Gasteiger partial charge is 0.479 e. The molecule has 0 bridgehead atoms. The van der Waals surface area contributed by atoms with E-state index in [0.717, 1.165) is 17.8 Å². The molecule has 2 heterocycles. The summed E-state index contributed by atoms with van der Waals surface area (Å²) in [6, 6.07) is 3.16. The van der Waals surface area contributed by atoms with Gasteiger partial charge in [0.2, 0.25) is 0 Å². The lowest BCUT2D eigenvalue weighted by Gasteiger charge is -2.18. The predicted octanol–water partition coefficient (Wildman–Crippen LogP) is 1.10. The molecule has 0 radical (unpaired) electrons. The van der Waals surface area contributed by atoms with Gasteiger partial charge in [0.15, 0.2) is 11.5 Å². The van der Waals surface area contributed by atoms with E-state index in [4.69, 9.17) is 9.84 Å². The first-order chi connectivity index (χ1) is 8.47. The van der Waals surface area contributed by atoms with Gasteiger partial charge in [-0.15, -0.1) is 0 Å². The Kier molecular flexibility index (Phi) is 3.52. The molecule has 1 N–H and O–H groups in total. The standard InChI is InChI=1S/C13H17NO4/c1-8-5-10(15)6-9(2)14(8)7-11-3-4-12(18-11)13(16)17/h5-6,11-12H,3-4,7H2,1-2H3,(H,16,17). The third-order valence-electron chi connectivity index (χ3n) is 3.32. The molecule has 1 aliphatic rings. The highest BCUT2D eigenvalue weighted by Gasteiger charge is 2.30. The van der Waals surface area contributed by atoms with Crippen LogP contribution in [0.5, 0.6) is 0 Å². The summed E-state index contributed by atoms with van der Waals surface area (Å²) in [4.78, 5) is 22.1. The van der Waals surface area contributed by atoms with Crippen molar-refractivity contribution >= 4 is 5.97 Å². The van der Waals surface area contributed by atoms with Gasteiger partial charge in [0.05, 0.1) is 6.10 Å². The summed E-state index contributed by atoms with van der Waals surface area (Å²) in [5.41, 5.74) is 1.75. The van der Waals surface area contributed by atoms with E-state index in [1.54, 1.807) is 12.1 Å². The van der Waals surface area contributed by atoms with E-state index in [2.05, 4.69) is 0 Å². The normalized spacial score (nSPS) is 23.2. The molecule has 2 atom stereocenters. The monoisotopic (exact) mass is 251 g/mol. The molecule has 1 aromatic heterocycles. The maximum atomic E-state index is 11.3. The van der Waals surface area contributed by atoms with Gasteiger partial charge >= 0.3 is 5.97 Å². The maximum Gasteiger partial charge on any atom is 0.332 e. The van der Waals surface area contributed by atoms with Gasteiger partial charge in [-0.05, 0) is 26.7 Å². The number of ether oxygens (including phenoxy) is 1. The van der Waals surface area contributed by atoms with Crippen LogP contribution in [0.25, 0.3) is 0 Å². The molecule has 98 valence electrons. The van der Waals surface area contributed by atoms with E-state index in [1.807, 2.05) is 18.4 Å². The first-order valence-electron chi connectivity index (χ1n) is 6.03. The number of hydrogen-bond donors (Lipinski definition) is 1. The van der Waals surface area contributed by atoms with Crippen molar-refractivity contribution in [3.63, 3.8) is 0 Å². The molecule has 2 unspecified atom stereocenters. The first-order valence-corrected chi connectivity index (χ1v) is 6.03. The van der Waals surface area contributed by atoms with Crippen molar-refractivity contribution in [2.45, 2.75) is 45.4 Å². The lowest BCUT2D eigenvalue weighted by Crippen LogP contribution is -2.25. The number of aryl methyl sites for hydroxylation is 2. The minimum Gasteiger partial charge on any atom is -0.479 e. The van der Waals surface area contributed by atoms with Crippen LogP contribution in [-0.4, -0.2) is 27.9 Å². The van der Waals surface area contributed by atoms with E-state index in [9.17, 15) is 9.59 Å². The van der Waals surface area contributed by atoms with Crippen molar-refractivity contribution in [3.05, 3.63) is 33.7 Å². The summed E-state index contributed by atoms with van der Waals surface area (Å²) in [6.45, 7) is 4.35. The summed E-state index contributed by atoms with van der Waals surface area (Å²) < 4.78 is 7.46. The highest BCUT2D eigenvalue weighted by molar-refractivity contribution is 5.72. The number of pyridine rings is 1. The highest BCUT2D eigenvalue weighted by Crippen LogP contribution is 2.22. The Labute approximate surface area is 105 Å². The van der Waals surface area contributed by atoms with Crippen LogP contribution in [0.4, 0.5) is 0 Å². The number of nitrogens with zero attached hydrogens (tertiary/aromatic N) is 1. The molecule has 0 aliphatic carbocycles. The van der Waals surface area contributed by atoms with E-state index in [-0.39, 0.29) is 11.5 Å². The molecule has 1 fully saturated rings. The highest BCUT2D eigenvalue weighted by atomic mass is 16.5. The van der Waals surface area contributed by atoms with Crippen LogP contribution < -0.4 is 5.43 Å². The number of hydrogen-bond acceptors (Lipinski definition) is 3. The van der Waals surface area contributed by atoms with E-state index in [1.165, 1.54) is 0 Å². The van der Waals surface area contributed by atoms with E-state index in [0.29, 0.717) is 13.0 Å². The van der Waals surface area contributed by atoms with Crippen molar-refractivity contribution in [2.75, 3.05) is 0 Å². The van der Waals surface area contributed by atoms with Gasteiger partial charge < -0.3 is 14.4 Å². The summed E-state index contributed by atoms with van der Waals surface area (Å²) in [5.74, 6) is -0.897. The molecule has 0 amide bonds. The molecule has 2 rings (SSSR count). The third kappa shape index (κ3) is 2.61. The second-order valence-electron chi connectivity index (χ2n) is 4.75. The Morgan fingerprint density at radius 2 is 2.00 bits per heavy atom. The number of carboxylic acids is 1. The third-order valence-corrected chi connectivity index (χ3v) is 3.32. The Hall–Kier alpha value is -1.62. The minimum atomic E-state index is -0.897. The first kappa shape index (κ1) is 12.8. The van der Waals surface area contributed by atoms with Crippen LogP contribution in [-0.2, 0) is 16.1 Å². The number of aromatic nitrogens is 1. The van der Waals surface area contributed by atoms with Gasteiger partial charge in [-0.1, -0.05) is 0 Å². The molecule has 0 saturated carbocycles. The predicted molar refractivity (Wildman–Crippen MR) is 65.7 cm³/mol. The number of aliphatic carboxylic acids is 1. The maximum absolute atomic E-state index is 11.3.